The average Bonchev–Trinajstić information content (AvgIpc) is 4.07. The van der Waals surface area contributed by atoms with Crippen molar-refractivity contribution in [2.75, 3.05) is 84.5 Å². The molecule has 3 atom stereocenters. The van der Waals surface area contributed by atoms with E-state index in [1.54, 1.807) is 41.8 Å². The molecular weight excluding hydrogens is 900 g/mol. The highest BCUT2D eigenvalue weighted by Gasteiger charge is 2.40. The maximum atomic E-state index is 14.4. The minimum Gasteiger partial charge on any atom is -0.508 e. The van der Waals surface area contributed by atoms with Gasteiger partial charge >= 0.3 is 0 Å². The summed E-state index contributed by atoms with van der Waals surface area (Å²) in [5.41, 5.74) is 2.44. The van der Waals surface area contributed by atoms with Crippen LogP contribution in [0.3, 0.4) is 0 Å². The molecule has 19 heteroatoms. The summed E-state index contributed by atoms with van der Waals surface area (Å²) in [6.45, 7) is 11.7. The summed E-state index contributed by atoms with van der Waals surface area (Å²) in [6, 6.07) is 13.7. The van der Waals surface area contributed by atoms with Crippen molar-refractivity contribution in [3.63, 3.8) is 0 Å². The van der Waals surface area contributed by atoms with Gasteiger partial charge in [0.15, 0.2) is 5.13 Å². The van der Waals surface area contributed by atoms with E-state index in [9.17, 15) is 33.5 Å². The van der Waals surface area contributed by atoms with Crippen LogP contribution in [0.4, 0.5) is 9.52 Å². The lowest BCUT2D eigenvalue weighted by molar-refractivity contribution is -0.141. The SMILES string of the molecule is CC1CCCN1C(=O)C(NC(=O)COCCOCCOCCOCCOCCNC(=O)c1ccc(-c2ccc3c(c2)C(=O)N(C(C(=O)Nc2nccs2)c2cc(F)ccc2O)C3)cc1)C(C)(C)C. The Morgan fingerprint density at radius 1 is 0.868 bits per heavy atom. The summed E-state index contributed by atoms with van der Waals surface area (Å²) in [5.74, 6) is -2.77. The molecule has 1 saturated heterocycles. The van der Waals surface area contributed by atoms with Gasteiger partial charge in [0.05, 0.1) is 59.5 Å². The maximum absolute atomic E-state index is 14.4. The number of carbonyl (C=O) groups excluding carboxylic acids is 5. The lowest BCUT2D eigenvalue weighted by atomic mass is 9.85. The van der Waals surface area contributed by atoms with Gasteiger partial charge in [0.2, 0.25) is 11.8 Å². The van der Waals surface area contributed by atoms with Crippen molar-refractivity contribution in [2.24, 2.45) is 5.41 Å². The Bertz CT molecular complexity index is 2330. The molecule has 0 bridgehead atoms. The first-order valence-corrected chi connectivity index (χ1v) is 23.6. The van der Waals surface area contributed by atoms with Crippen molar-refractivity contribution in [3.05, 3.63) is 100 Å². The molecule has 0 spiro atoms. The van der Waals surface area contributed by atoms with Crippen LogP contribution in [-0.4, -0.2) is 141 Å². The monoisotopic (exact) mass is 960 g/mol. The van der Waals surface area contributed by atoms with Crippen LogP contribution in [0, 0.1) is 11.2 Å². The third kappa shape index (κ3) is 14.3. The molecule has 2 aliphatic rings. The Morgan fingerprint density at radius 2 is 1.51 bits per heavy atom. The van der Waals surface area contributed by atoms with Gasteiger partial charge in [-0.25, -0.2) is 9.37 Å². The number of rotatable bonds is 25. The Kier molecular flexibility index (Phi) is 18.9. The van der Waals surface area contributed by atoms with E-state index in [4.69, 9.17) is 23.7 Å². The molecule has 1 aromatic heterocycles. The number of halogens is 1. The van der Waals surface area contributed by atoms with Crippen molar-refractivity contribution in [3.8, 4) is 16.9 Å². The van der Waals surface area contributed by atoms with E-state index in [0.717, 1.165) is 36.6 Å². The molecule has 2 aliphatic heterocycles. The van der Waals surface area contributed by atoms with Crippen LogP contribution < -0.4 is 16.0 Å². The molecule has 4 aromatic rings. The first kappa shape index (κ1) is 51.6. The molecule has 0 aliphatic carbocycles. The fourth-order valence-corrected chi connectivity index (χ4v) is 8.37. The minimum absolute atomic E-state index is 0.0507. The number of phenolic OH excluding ortho intramolecular Hbond substituents is 1. The number of hydrogen-bond donors (Lipinski definition) is 4. The van der Waals surface area contributed by atoms with Gasteiger partial charge in [-0.05, 0) is 78.3 Å². The summed E-state index contributed by atoms with van der Waals surface area (Å²) in [5, 5.41) is 21.0. The molecule has 3 unspecified atom stereocenters. The molecule has 68 heavy (non-hydrogen) atoms. The van der Waals surface area contributed by atoms with Crippen molar-refractivity contribution < 1.29 is 57.2 Å². The van der Waals surface area contributed by atoms with Crippen molar-refractivity contribution in [2.45, 2.75) is 65.2 Å². The second-order valence-corrected chi connectivity index (χ2v) is 18.4. The highest BCUT2D eigenvalue weighted by atomic mass is 32.1. The van der Waals surface area contributed by atoms with Gasteiger partial charge in [0.1, 0.15) is 30.3 Å². The number of nitrogens with zero attached hydrogens (tertiary/aromatic N) is 3. The van der Waals surface area contributed by atoms with Crippen LogP contribution in [0.25, 0.3) is 11.1 Å². The van der Waals surface area contributed by atoms with E-state index in [2.05, 4.69) is 20.9 Å². The number of anilines is 1. The van der Waals surface area contributed by atoms with E-state index in [1.807, 2.05) is 38.7 Å². The van der Waals surface area contributed by atoms with Gasteiger partial charge in [0, 0.05) is 53.9 Å². The number of fused-ring (bicyclic) bond motifs is 1. The van der Waals surface area contributed by atoms with Gasteiger partial charge in [-0.15, -0.1) is 11.3 Å². The zero-order chi connectivity index (χ0) is 48.6. The summed E-state index contributed by atoms with van der Waals surface area (Å²) in [4.78, 5) is 73.2. The number of carbonyl (C=O) groups is 5. The van der Waals surface area contributed by atoms with Crippen molar-refractivity contribution in [1.29, 1.82) is 0 Å². The first-order valence-electron chi connectivity index (χ1n) is 22.7. The van der Waals surface area contributed by atoms with E-state index in [1.165, 1.54) is 22.4 Å². The van der Waals surface area contributed by atoms with Crippen LogP contribution in [0.5, 0.6) is 5.75 Å². The molecule has 3 aromatic carbocycles. The van der Waals surface area contributed by atoms with Crippen LogP contribution in [0.2, 0.25) is 0 Å². The largest absolute Gasteiger partial charge is 0.508 e. The average molecular weight is 961 g/mol. The predicted octanol–water partition coefficient (Wildman–Crippen LogP) is 5.35. The third-order valence-electron chi connectivity index (χ3n) is 11.4. The lowest BCUT2D eigenvalue weighted by Crippen LogP contribution is -2.56. The highest BCUT2D eigenvalue weighted by Crippen LogP contribution is 2.38. The zero-order valence-electron chi connectivity index (χ0n) is 38.9. The standard InChI is InChI=1S/C49H61FN6O11S/c1-32-6-5-17-55(32)47(62)43(49(2,3)4)53-41(58)31-67-26-25-66-24-23-65-22-21-64-20-19-63-18-15-51-44(59)34-9-7-33(8-10-34)35-11-12-36-30-56(46(61)38(36)28-35)42(39-29-37(50)13-14-40(39)57)45(60)54-48-52-16-27-68-48/h7-14,16,27-29,32,42-43,57H,5-6,15,17-26,30-31H2,1-4H3,(H,51,59)(H,53,58)(H,52,54,60). The number of amides is 5. The van der Waals surface area contributed by atoms with Gasteiger partial charge in [0.25, 0.3) is 17.7 Å². The number of thiazole rings is 1. The van der Waals surface area contributed by atoms with Gasteiger partial charge in [-0.1, -0.05) is 45.0 Å². The number of likely N-dealkylation sites (tertiary alicyclic amines) is 1. The van der Waals surface area contributed by atoms with Crippen molar-refractivity contribution in [1.82, 2.24) is 25.4 Å². The van der Waals surface area contributed by atoms with Crippen LogP contribution in [0.15, 0.2) is 72.2 Å². The normalized spacial score (nSPS) is 15.5. The fraction of sp³-hybridized carbons (Fsp3) is 0.469. The Morgan fingerprint density at radius 3 is 2.13 bits per heavy atom. The molecule has 5 amide bonds. The second kappa shape index (κ2) is 25.0. The zero-order valence-corrected chi connectivity index (χ0v) is 39.7. The van der Waals surface area contributed by atoms with Gasteiger partial charge < -0.3 is 49.2 Å². The van der Waals surface area contributed by atoms with Crippen molar-refractivity contribution >= 4 is 46.0 Å². The quantitative estimate of drug-likeness (QED) is 0.0621. The molecule has 0 saturated carbocycles. The summed E-state index contributed by atoms with van der Waals surface area (Å²) in [7, 11) is 0. The van der Waals surface area contributed by atoms with Gasteiger partial charge in [-0.3, -0.25) is 29.3 Å². The Hall–Kier alpha value is -5.83. The Balaban J connectivity index is 0.808. The van der Waals surface area contributed by atoms with E-state index >= 15 is 0 Å². The first-order chi connectivity index (χ1) is 32.7. The third-order valence-corrected chi connectivity index (χ3v) is 12.1. The fourth-order valence-electron chi connectivity index (χ4n) is 7.84. The highest BCUT2D eigenvalue weighted by molar-refractivity contribution is 7.13. The molecule has 1 fully saturated rings. The van der Waals surface area contributed by atoms with E-state index in [0.29, 0.717) is 86.7 Å². The number of benzene rings is 3. The number of aromatic hydroxyl groups is 1. The number of ether oxygens (including phenoxy) is 5. The van der Waals surface area contributed by atoms with E-state index in [-0.39, 0.29) is 61.4 Å². The van der Waals surface area contributed by atoms with E-state index < -0.39 is 35.1 Å². The predicted molar refractivity (Wildman–Crippen MR) is 252 cm³/mol. The minimum atomic E-state index is -1.34. The summed E-state index contributed by atoms with van der Waals surface area (Å²) < 4.78 is 42.0. The molecular formula is C49H61FN6O11S. The van der Waals surface area contributed by atoms with Gasteiger partial charge in [-0.2, -0.15) is 0 Å². The maximum Gasteiger partial charge on any atom is 0.255 e. The number of aromatic nitrogens is 1. The Labute approximate surface area is 399 Å². The van der Waals surface area contributed by atoms with Crippen LogP contribution in [-0.2, 0) is 44.6 Å². The molecule has 0 radical (unpaired) electrons. The number of hydrogen-bond acceptors (Lipinski definition) is 13. The topological polar surface area (TPSA) is 207 Å². The lowest BCUT2D eigenvalue weighted by Gasteiger charge is -2.35. The summed E-state index contributed by atoms with van der Waals surface area (Å²) >= 11 is 1.18. The molecule has 17 nitrogen and oxygen atoms in total. The van der Waals surface area contributed by atoms with Crippen LogP contribution in [0.1, 0.15) is 78.4 Å². The number of nitrogens with one attached hydrogen (secondary N) is 3. The molecule has 6 rings (SSSR count). The summed E-state index contributed by atoms with van der Waals surface area (Å²) in [6.07, 6.45) is 3.46. The molecule has 4 N–H and O–H groups in total. The smallest absolute Gasteiger partial charge is 0.255 e. The van der Waals surface area contributed by atoms with Crippen LogP contribution >= 0.6 is 11.3 Å². The molecule has 3 heterocycles. The second-order valence-electron chi connectivity index (χ2n) is 17.5. The number of phenols is 1. The molecule has 366 valence electrons.